The second kappa shape index (κ2) is 4.11. The Morgan fingerprint density at radius 2 is 2.00 bits per heavy atom. The third-order valence-electron chi connectivity index (χ3n) is 2.90. The topological polar surface area (TPSA) is 29.1 Å². The Bertz CT molecular complexity index is 360. The Morgan fingerprint density at radius 3 is 2.60 bits per heavy atom. The minimum atomic E-state index is -0.241. The Kier molecular flexibility index (Phi) is 2.82. The molecule has 1 aliphatic rings. The van der Waals surface area contributed by atoms with E-state index in [9.17, 15) is 9.18 Å². The van der Waals surface area contributed by atoms with Gasteiger partial charge in [-0.25, -0.2) is 4.39 Å². The van der Waals surface area contributed by atoms with Crippen molar-refractivity contribution in [2.75, 3.05) is 6.54 Å². The number of ketones is 1. The van der Waals surface area contributed by atoms with Crippen LogP contribution in [0.5, 0.6) is 0 Å². The van der Waals surface area contributed by atoms with E-state index in [0.717, 1.165) is 5.56 Å². The van der Waals surface area contributed by atoms with Crippen LogP contribution in [0.15, 0.2) is 24.3 Å². The molecular formula is C12H14FNO. The second-order valence-electron chi connectivity index (χ2n) is 4.08. The Hall–Kier alpha value is -1.22. The molecule has 1 saturated heterocycles. The van der Waals surface area contributed by atoms with E-state index in [2.05, 4.69) is 5.32 Å². The third-order valence-corrected chi connectivity index (χ3v) is 2.90. The molecule has 2 rings (SSSR count). The van der Waals surface area contributed by atoms with Crippen LogP contribution in [-0.4, -0.2) is 12.3 Å². The molecule has 1 aromatic carbocycles. The van der Waals surface area contributed by atoms with Crippen molar-refractivity contribution in [2.45, 2.75) is 19.4 Å². The fourth-order valence-electron chi connectivity index (χ4n) is 1.84. The van der Waals surface area contributed by atoms with Gasteiger partial charge in [-0.15, -0.1) is 0 Å². The molecule has 80 valence electrons. The summed E-state index contributed by atoms with van der Waals surface area (Å²) in [7, 11) is 0. The lowest BCUT2D eigenvalue weighted by atomic mass is 9.91. The van der Waals surface area contributed by atoms with Crippen LogP contribution in [0.3, 0.4) is 0 Å². The zero-order valence-electron chi connectivity index (χ0n) is 8.66. The maximum absolute atomic E-state index is 12.7. The van der Waals surface area contributed by atoms with E-state index in [1.807, 2.05) is 6.92 Å². The van der Waals surface area contributed by atoms with Crippen LogP contribution in [0.1, 0.15) is 24.9 Å². The van der Waals surface area contributed by atoms with Gasteiger partial charge in [0.05, 0.1) is 0 Å². The molecule has 2 nitrogen and oxygen atoms in total. The van der Waals surface area contributed by atoms with Crippen molar-refractivity contribution in [3.63, 3.8) is 0 Å². The molecule has 1 heterocycles. The molecule has 1 N–H and O–H groups in total. The summed E-state index contributed by atoms with van der Waals surface area (Å²) in [5, 5.41) is 3.29. The highest BCUT2D eigenvalue weighted by atomic mass is 19.1. The van der Waals surface area contributed by atoms with Gasteiger partial charge in [0.15, 0.2) is 0 Å². The van der Waals surface area contributed by atoms with E-state index in [4.69, 9.17) is 0 Å². The predicted molar refractivity (Wildman–Crippen MR) is 55.9 cm³/mol. The fourth-order valence-corrected chi connectivity index (χ4v) is 1.84. The number of piperidine rings is 1. The number of hydrogen-bond donors (Lipinski definition) is 1. The zero-order chi connectivity index (χ0) is 10.8. The number of benzene rings is 1. The molecule has 0 radical (unpaired) electrons. The van der Waals surface area contributed by atoms with Gasteiger partial charge in [0.2, 0.25) is 0 Å². The average molecular weight is 207 g/mol. The van der Waals surface area contributed by atoms with Crippen LogP contribution in [0.4, 0.5) is 4.39 Å². The summed E-state index contributed by atoms with van der Waals surface area (Å²) in [4.78, 5) is 11.5. The Balaban J connectivity index is 2.12. The summed E-state index contributed by atoms with van der Waals surface area (Å²) in [5.74, 6) is 0.138. The quantitative estimate of drug-likeness (QED) is 0.763. The normalized spacial score (nSPS) is 26.7. The molecule has 0 aromatic heterocycles. The first kappa shape index (κ1) is 10.3. The van der Waals surface area contributed by atoms with Crippen LogP contribution >= 0.6 is 0 Å². The van der Waals surface area contributed by atoms with E-state index in [1.165, 1.54) is 12.1 Å². The van der Waals surface area contributed by atoms with Crippen molar-refractivity contribution in [2.24, 2.45) is 5.92 Å². The molecule has 1 aromatic rings. The van der Waals surface area contributed by atoms with Crippen LogP contribution < -0.4 is 5.32 Å². The summed E-state index contributed by atoms with van der Waals surface area (Å²) in [6, 6.07) is 6.38. The minimum Gasteiger partial charge on any atom is -0.309 e. The van der Waals surface area contributed by atoms with Crippen LogP contribution in [0.25, 0.3) is 0 Å². The molecule has 1 aliphatic heterocycles. The second-order valence-corrected chi connectivity index (χ2v) is 4.08. The van der Waals surface area contributed by atoms with Crippen LogP contribution in [-0.2, 0) is 4.79 Å². The molecule has 0 unspecified atom stereocenters. The molecule has 1 fully saturated rings. The molecule has 0 amide bonds. The number of carbonyl (C=O) groups excluding carboxylic acids is 1. The molecule has 0 aliphatic carbocycles. The first-order valence-electron chi connectivity index (χ1n) is 5.18. The monoisotopic (exact) mass is 207 g/mol. The molecule has 0 spiro atoms. The average Bonchev–Trinajstić information content (AvgIpc) is 2.23. The van der Waals surface area contributed by atoms with E-state index in [-0.39, 0.29) is 23.6 Å². The molecule has 0 bridgehead atoms. The molecule has 15 heavy (non-hydrogen) atoms. The third kappa shape index (κ3) is 2.23. The highest BCUT2D eigenvalue weighted by Crippen LogP contribution is 2.23. The summed E-state index contributed by atoms with van der Waals surface area (Å²) in [5.41, 5.74) is 0.983. The number of hydrogen-bond acceptors (Lipinski definition) is 2. The fraction of sp³-hybridized carbons (Fsp3) is 0.417. The van der Waals surface area contributed by atoms with Crippen molar-refractivity contribution in [3.05, 3.63) is 35.6 Å². The first-order chi connectivity index (χ1) is 7.16. The molecule has 3 heteroatoms. The summed E-state index contributed by atoms with van der Waals surface area (Å²) in [6.07, 6.45) is 0.507. The van der Waals surface area contributed by atoms with Crippen molar-refractivity contribution in [3.8, 4) is 0 Å². The smallest absolute Gasteiger partial charge is 0.138 e. The van der Waals surface area contributed by atoms with E-state index in [0.29, 0.717) is 13.0 Å². The van der Waals surface area contributed by atoms with Crippen LogP contribution in [0.2, 0.25) is 0 Å². The summed E-state index contributed by atoms with van der Waals surface area (Å²) < 4.78 is 12.7. The van der Waals surface area contributed by atoms with Gasteiger partial charge in [0.1, 0.15) is 11.6 Å². The van der Waals surface area contributed by atoms with Gasteiger partial charge in [0.25, 0.3) is 0 Å². The van der Waals surface area contributed by atoms with Gasteiger partial charge >= 0.3 is 0 Å². The van der Waals surface area contributed by atoms with E-state index in [1.54, 1.807) is 12.1 Å². The first-order valence-corrected chi connectivity index (χ1v) is 5.18. The van der Waals surface area contributed by atoms with Crippen LogP contribution in [0, 0.1) is 11.7 Å². The number of rotatable bonds is 1. The summed E-state index contributed by atoms with van der Waals surface area (Å²) in [6.45, 7) is 2.64. The number of halogens is 1. The van der Waals surface area contributed by atoms with Gasteiger partial charge in [-0.2, -0.15) is 0 Å². The lowest BCUT2D eigenvalue weighted by Gasteiger charge is -2.27. The molecular weight excluding hydrogens is 193 g/mol. The minimum absolute atomic E-state index is 0.0503. The van der Waals surface area contributed by atoms with Crippen molar-refractivity contribution in [1.29, 1.82) is 0 Å². The molecule has 0 saturated carbocycles. The Morgan fingerprint density at radius 1 is 1.33 bits per heavy atom. The van der Waals surface area contributed by atoms with E-state index < -0.39 is 0 Å². The predicted octanol–water partition coefficient (Wildman–Crippen LogP) is 2.07. The van der Waals surface area contributed by atoms with Gasteiger partial charge in [-0.05, 0) is 17.7 Å². The lowest BCUT2D eigenvalue weighted by molar-refractivity contribution is -0.124. The Labute approximate surface area is 88.5 Å². The highest BCUT2D eigenvalue weighted by molar-refractivity contribution is 5.82. The SMILES string of the molecule is C[C@@H]1CN[C@@H](c2ccc(F)cc2)CC1=O. The largest absolute Gasteiger partial charge is 0.309 e. The van der Waals surface area contributed by atoms with Crippen molar-refractivity contribution < 1.29 is 9.18 Å². The van der Waals surface area contributed by atoms with Crippen molar-refractivity contribution >= 4 is 5.78 Å². The van der Waals surface area contributed by atoms with Gasteiger partial charge in [0, 0.05) is 24.9 Å². The van der Waals surface area contributed by atoms with E-state index >= 15 is 0 Å². The van der Waals surface area contributed by atoms with Gasteiger partial charge in [-0.3, -0.25) is 4.79 Å². The zero-order valence-corrected chi connectivity index (χ0v) is 8.66. The highest BCUT2D eigenvalue weighted by Gasteiger charge is 2.25. The maximum atomic E-state index is 12.7. The van der Waals surface area contributed by atoms with Crippen molar-refractivity contribution in [1.82, 2.24) is 5.32 Å². The number of nitrogens with one attached hydrogen (secondary N) is 1. The van der Waals surface area contributed by atoms with Gasteiger partial charge < -0.3 is 5.32 Å². The number of Topliss-reactive ketones (excluding diaryl/α,β-unsaturated/α-hetero) is 1. The van der Waals surface area contributed by atoms with Gasteiger partial charge in [-0.1, -0.05) is 19.1 Å². The number of carbonyl (C=O) groups is 1. The molecule has 2 atom stereocenters. The standard InChI is InChI=1S/C12H14FNO/c1-8-7-14-11(6-12(8)15)9-2-4-10(13)5-3-9/h2-5,8,11,14H,6-7H2,1H3/t8-,11-/m1/s1. The summed E-state index contributed by atoms with van der Waals surface area (Å²) >= 11 is 0. The lowest BCUT2D eigenvalue weighted by Crippen LogP contribution is -2.37. The maximum Gasteiger partial charge on any atom is 0.138 e.